The lowest BCUT2D eigenvalue weighted by Gasteiger charge is -2.17. The first-order valence-corrected chi connectivity index (χ1v) is 7.33. The van der Waals surface area contributed by atoms with Gasteiger partial charge in [-0.05, 0) is 6.92 Å². The van der Waals surface area contributed by atoms with Crippen LogP contribution >= 0.6 is 22.9 Å². The minimum atomic E-state index is -3.75. The minimum absolute atomic E-state index is 0.0469. The van der Waals surface area contributed by atoms with Crippen molar-refractivity contribution in [2.24, 2.45) is 5.73 Å². The standard InChI is InChI=1S/C8H12ClN3O3S2/c1-3-12(4-6(10)13)17(14,15)7-5(2)11-8(9)16-7/h3-4H2,1-2H3,(H2,10,13). The van der Waals surface area contributed by atoms with Gasteiger partial charge in [-0.3, -0.25) is 4.79 Å². The van der Waals surface area contributed by atoms with Crippen LogP contribution in [0.15, 0.2) is 4.21 Å². The Kier molecular flexibility index (Phi) is 4.48. The van der Waals surface area contributed by atoms with Gasteiger partial charge in [-0.2, -0.15) is 4.31 Å². The third kappa shape index (κ3) is 3.15. The monoisotopic (exact) mass is 297 g/mol. The molecule has 0 bridgehead atoms. The molecule has 0 aliphatic carbocycles. The van der Waals surface area contributed by atoms with Gasteiger partial charge in [0.05, 0.1) is 12.2 Å². The number of amides is 1. The number of likely N-dealkylation sites (N-methyl/N-ethyl adjacent to an activating group) is 1. The van der Waals surface area contributed by atoms with Gasteiger partial charge in [-0.1, -0.05) is 29.9 Å². The number of aromatic nitrogens is 1. The van der Waals surface area contributed by atoms with E-state index in [0.29, 0.717) is 5.69 Å². The molecule has 96 valence electrons. The molecule has 0 unspecified atom stereocenters. The molecule has 1 rings (SSSR count). The molecule has 1 aromatic rings. The Balaban J connectivity index is 3.17. The van der Waals surface area contributed by atoms with Gasteiger partial charge in [0.1, 0.15) is 0 Å². The first kappa shape index (κ1) is 14.4. The molecule has 1 amide bonds. The molecule has 0 saturated carbocycles. The Morgan fingerprint density at radius 1 is 1.59 bits per heavy atom. The molecular weight excluding hydrogens is 286 g/mol. The van der Waals surface area contributed by atoms with Crippen molar-refractivity contribution in [1.29, 1.82) is 0 Å². The minimum Gasteiger partial charge on any atom is -0.369 e. The van der Waals surface area contributed by atoms with Crippen molar-refractivity contribution in [2.45, 2.75) is 18.1 Å². The third-order valence-electron chi connectivity index (χ3n) is 1.99. The normalized spacial score (nSPS) is 12.0. The van der Waals surface area contributed by atoms with E-state index < -0.39 is 15.9 Å². The van der Waals surface area contributed by atoms with E-state index in [9.17, 15) is 13.2 Å². The van der Waals surface area contributed by atoms with E-state index in [0.717, 1.165) is 15.6 Å². The topological polar surface area (TPSA) is 93.4 Å². The summed E-state index contributed by atoms with van der Waals surface area (Å²) in [6.07, 6.45) is 0. The summed E-state index contributed by atoms with van der Waals surface area (Å²) in [5.41, 5.74) is 5.33. The zero-order chi connectivity index (χ0) is 13.2. The fraction of sp³-hybridized carbons (Fsp3) is 0.500. The SMILES string of the molecule is CCN(CC(N)=O)S(=O)(=O)c1sc(Cl)nc1C. The van der Waals surface area contributed by atoms with Crippen molar-refractivity contribution in [3.63, 3.8) is 0 Å². The number of nitrogens with zero attached hydrogens (tertiary/aromatic N) is 2. The van der Waals surface area contributed by atoms with Gasteiger partial charge in [-0.15, -0.1) is 0 Å². The number of carbonyl (C=O) groups is 1. The molecule has 0 spiro atoms. The molecule has 0 fully saturated rings. The zero-order valence-corrected chi connectivity index (χ0v) is 11.7. The predicted octanol–water partition coefficient (Wildman–Crippen LogP) is 0.601. The number of hydrogen-bond acceptors (Lipinski definition) is 5. The van der Waals surface area contributed by atoms with E-state index in [-0.39, 0.29) is 21.8 Å². The largest absolute Gasteiger partial charge is 0.369 e. The van der Waals surface area contributed by atoms with Gasteiger partial charge in [0.25, 0.3) is 10.0 Å². The summed E-state index contributed by atoms with van der Waals surface area (Å²) in [4.78, 5) is 14.6. The maximum Gasteiger partial charge on any atom is 0.254 e. The number of aryl methyl sites for hydroxylation is 1. The highest BCUT2D eigenvalue weighted by Crippen LogP contribution is 2.29. The number of halogens is 1. The number of carbonyl (C=O) groups excluding carboxylic acids is 1. The average molecular weight is 298 g/mol. The summed E-state index contributed by atoms with van der Waals surface area (Å²) in [6.45, 7) is 2.97. The van der Waals surface area contributed by atoms with Crippen LogP contribution in [0.4, 0.5) is 0 Å². The number of rotatable bonds is 5. The van der Waals surface area contributed by atoms with Crippen LogP contribution in [0.5, 0.6) is 0 Å². The van der Waals surface area contributed by atoms with E-state index in [1.807, 2.05) is 0 Å². The number of nitrogens with two attached hydrogens (primary N) is 1. The van der Waals surface area contributed by atoms with E-state index >= 15 is 0 Å². The second-order valence-corrected chi connectivity index (χ2v) is 6.95. The number of sulfonamides is 1. The van der Waals surface area contributed by atoms with Gasteiger partial charge < -0.3 is 5.73 Å². The Hall–Kier alpha value is -0.700. The number of hydrogen-bond donors (Lipinski definition) is 1. The maximum absolute atomic E-state index is 12.2. The van der Waals surface area contributed by atoms with Crippen molar-refractivity contribution < 1.29 is 13.2 Å². The molecule has 0 aliphatic heterocycles. The molecular formula is C8H12ClN3O3S2. The second-order valence-electron chi connectivity index (χ2n) is 3.24. The average Bonchev–Trinajstić information content (AvgIpc) is 2.54. The number of thiazole rings is 1. The van der Waals surface area contributed by atoms with E-state index in [1.54, 1.807) is 13.8 Å². The summed E-state index contributed by atoms with van der Waals surface area (Å²) < 4.78 is 25.5. The Labute approximate surface area is 108 Å². The smallest absolute Gasteiger partial charge is 0.254 e. The fourth-order valence-electron chi connectivity index (χ4n) is 1.25. The number of primary amides is 1. The van der Waals surface area contributed by atoms with Crippen LogP contribution in [0, 0.1) is 6.92 Å². The van der Waals surface area contributed by atoms with E-state index in [2.05, 4.69) is 4.98 Å². The van der Waals surface area contributed by atoms with Gasteiger partial charge in [0, 0.05) is 6.54 Å². The zero-order valence-electron chi connectivity index (χ0n) is 9.31. The molecule has 9 heteroatoms. The molecule has 0 saturated heterocycles. The van der Waals surface area contributed by atoms with Crippen LogP contribution < -0.4 is 5.73 Å². The van der Waals surface area contributed by atoms with Crippen LogP contribution in [0.1, 0.15) is 12.6 Å². The summed E-state index contributed by atoms with van der Waals surface area (Å²) in [7, 11) is -3.75. The van der Waals surface area contributed by atoms with Crippen LogP contribution in [0.2, 0.25) is 4.47 Å². The molecule has 6 nitrogen and oxygen atoms in total. The molecule has 17 heavy (non-hydrogen) atoms. The Morgan fingerprint density at radius 3 is 2.53 bits per heavy atom. The lowest BCUT2D eigenvalue weighted by atomic mass is 10.6. The van der Waals surface area contributed by atoms with Crippen LogP contribution in [0.25, 0.3) is 0 Å². The Morgan fingerprint density at radius 2 is 2.18 bits per heavy atom. The van der Waals surface area contributed by atoms with Crippen molar-refractivity contribution in [2.75, 3.05) is 13.1 Å². The quantitative estimate of drug-likeness (QED) is 0.861. The summed E-state index contributed by atoms with van der Waals surface area (Å²) >= 11 is 6.52. The van der Waals surface area contributed by atoms with Gasteiger partial charge in [0.2, 0.25) is 5.91 Å². The molecule has 0 aromatic carbocycles. The molecule has 1 heterocycles. The highest BCUT2D eigenvalue weighted by molar-refractivity contribution is 7.91. The molecule has 1 aromatic heterocycles. The molecule has 0 radical (unpaired) electrons. The fourth-order valence-corrected chi connectivity index (χ4v) is 4.54. The summed E-state index contributed by atoms with van der Waals surface area (Å²) in [5.74, 6) is -0.705. The first-order valence-electron chi connectivity index (χ1n) is 4.70. The lowest BCUT2D eigenvalue weighted by molar-refractivity contribution is -0.118. The molecule has 2 N–H and O–H groups in total. The molecule has 0 aliphatic rings. The van der Waals surface area contributed by atoms with Crippen molar-refractivity contribution in [3.8, 4) is 0 Å². The second kappa shape index (κ2) is 5.30. The summed E-state index contributed by atoms with van der Waals surface area (Å²) in [6, 6.07) is 0. The Bertz CT molecular complexity index is 526. The highest BCUT2D eigenvalue weighted by Gasteiger charge is 2.28. The van der Waals surface area contributed by atoms with Crippen molar-refractivity contribution >= 4 is 38.9 Å². The first-order chi connectivity index (χ1) is 7.78. The highest BCUT2D eigenvalue weighted by atomic mass is 35.5. The van der Waals surface area contributed by atoms with Crippen molar-refractivity contribution in [3.05, 3.63) is 10.2 Å². The van der Waals surface area contributed by atoms with E-state index in [4.69, 9.17) is 17.3 Å². The lowest BCUT2D eigenvalue weighted by Crippen LogP contribution is -2.38. The van der Waals surface area contributed by atoms with Crippen LogP contribution in [-0.2, 0) is 14.8 Å². The molecule has 0 atom stereocenters. The third-order valence-corrected chi connectivity index (χ3v) is 5.76. The predicted molar refractivity (Wildman–Crippen MR) is 65.5 cm³/mol. The van der Waals surface area contributed by atoms with Gasteiger partial charge in [0.15, 0.2) is 8.68 Å². The maximum atomic E-state index is 12.2. The van der Waals surface area contributed by atoms with Crippen LogP contribution in [0.3, 0.4) is 0 Å². The van der Waals surface area contributed by atoms with Gasteiger partial charge in [-0.25, -0.2) is 13.4 Å². The summed E-state index contributed by atoms with van der Waals surface area (Å²) in [5, 5.41) is 0. The van der Waals surface area contributed by atoms with Gasteiger partial charge >= 0.3 is 0 Å². The van der Waals surface area contributed by atoms with E-state index in [1.165, 1.54) is 0 Å². The van der Waals surface area contributed by atoms with Crippen molar-refractivity contribution in [1.82, 2.24) is 9.29 Å². The van der Waals surface area contributed by atoms with Crippen LogP contribution in [-0.4, -0.2) is 36.7 Å².